The predicted molar refractivity (Wildman–Crippen MR) is 77.6 cm³/mol. The summed E-state index contributed by atoms with van der Waals surface area (Å²) in [5.41, 5.74) is 0. The van der Waals surface area contributed by atoms with Crippen molar-refractivity contribution in [2.24, 2.45) is 0 Å². The van der Waals surface area contributed by atoms with Crippen molar-refractivity contribution in [1.82, 2.24) is 0 Å². The number of phenolic OH excluding ortho intramolecular Hbond substituents is 1. The van der Waals surface area contributed by atoms with E-state index in [1.807, 2.05) is 0 Å². The molecule has 0 fully saturated rings. The third-order valence-electron chi connectivity index (χ3n) is 2.40. The molecular weight excluding hydrogens is 386 g/mol. The van der Waals surface area contributed by atoms with Crippen LogP contribution in [0.3, 0.4) is 0 Å². The van der Waals surface area contributed by atoms with Gasteiger partial charge in [0.25, 0.3) is 0 Å². The molecule has 1 N–H and O–H groups in total. The molecule has 0 unspecified atom stereocenters. The van der Waals surface area contributed by atoms with Gasteiger partial charge in [0.1, 0.15) is 15.9 Å². The number of rotatable bonds is 3. The average Bonchev–Trinajstić information content (AvgIpc) is 2.33. The fourth-order valence-corrected chi connectivity index (χ4v) is 2.91. The quantitative estimate of drug-likeness (QED) is 0.624. The van der Waals surface area contributed by atoms with Crippen LogP contribution >= 0.6 is 34.8 Å². The number of hydrogen-bond acceptors (Lipinski definition) is 5. The number of ether oxygens (including phenoxy) is 1. The van der Waals surface area contributed by atoms with Crippen molar-refractivity contribution < 1.29 is 52.4 Å². The van der Waals surface area contributed by atoms with Gasteiger partial charge in [-0.1, -0.05) is 34.8 Å². The minimum absolute atomic E-state index is 0. The third kappa shape index (κ3) is 4.66. The average molecular weight is 392 g/mol. The molecule has 0 spiro atoms. The monoisotopic (exact) mass is 390 g/mol. The van der Waals surface area contributed by atoms with E-state index < -0.39 is 25.8 Å². The van der Waals surface area contributed by atoms with Crippen LogP contribution in [-0.2, 0) is 10.1 Å². The summed E-state index contributed by atoms with van der Waals surface area (Å²) < 4.78 is 38.5. The zero-order valence-corrected chi connectivity index (χ0v) is 16.1. The fourth-order valence-electron chi connectivity index (χ4n) is 1.47. The summed E-state index contributed by atoms with van der Waals surface area (Å²) in [6, 6.07) is 6.03. The Labute approximate surface area is 163 Å². The molecule has 2 aromatic rings. The fraction of sp³-hybridized carbons (Fsp3) is 0. The van der Waals surface area contributed by atoms with Crippen molar-refractivity contribution in [3.05, 3.63) is 45.4 Å². The summed E-state index contributed by atoms with van der Waals surface area (Å²) in [5, 5.41) is 9.82. The van der Waals surface area contributed by atoms with Crippen molar-refractivity contribution in [3.8, 4) is 17.2 Å². The van der Waals surface area contributed by atoms with Gasteiger partial charge in [0.2, 0.25) is 0 Å². The first-order chi connectivity index (χ1) is 9.68. The largest absolute Gasteiger partial charge is 1.00 e. The number of halogens is 3. The molecule has 0 atom stereocenters. The normalized spacial score (nSPS) is 10.9. The smallest absolute Gasteiger partial charge is 0.744 e. The van der Waals surface area contributed by atoms with Crippen LogP contribution in [0.2, 0.25) is 15.1 Å². The van der Waals surface area contributed by atoms with Crippen molar-refractivity contribution in [1.29, 1.82) is 0 Å². The maximum atomic E-state index is 11.1. The Morgan fingerprint density at radius 1 is 1.00 bits per heavy atom. The van der Waals surface area contributed by atoms with E-state index in [0.29, 0.717) is 5.02 Å². The first kappa shape index (κ1) is 19.9. The van der Waals surface area contributed by atoms with Crippen LogP contribution in [0.1, 0.15) is 0 Å². The van der Waals surface area contributed by atoms with E-state index in [1.54, 1.807) is 0 Å². The molecule has 0 aliphatic carbocycles. The van der Waals surface area contributed by atoms with E-state index in [9.17, 15) is 18.1 Å². The Hall–Kier alpha value is -0.180. The second-order valence-electron chi connectivity index (χ2n) is 3.88. The van der Waals surface area contributed by atoms with Gasteiger partial charge in [0, 0.05) is 17.2 Å². The van der Waals surface area contributed by atoms with Gasteiger partial charge in [0.05, 0.1) is 14.9 Å². The molecule has 2 rings (SSSR count). The van der Waals surface area contributed by atoms with E-state index in [2.05, 4.69) is 0 Å². The summed E-state index contributed by atoms with van der Waals surface area (Å²) in [7, 11) is -4.81. The molecule has 0 amide bonds. The van der Waals surface area contributed by atoms with Crippen LogP contribution in [0.15, 0.2) is 35.2 Å². The molecule has 0 saturated carbocycles. The summed E-state index contributed by atoms with van der Waals surface area (Å²) in [4.78, 5) is -0.706. The molecule has 0 aliphatic heterocycles. The van der Waals surface area contributed by atoms with Crippen LogP contribution in [-0.4, -0.2) is 18.1 Å². The van der Waals surface area contributed by atoms with E-state index in [4.69, 9.17) is 39.5 Å². The second kappa shape index (κ2) is 7.59. The summed E-state index contributed by atoms with van der Waals surface area (Å²) in [6.07, 6.45) is 0. The molecule has 22 heavy (non-hydrogen) atoms. The summed E-state index contributed by atoms with van der Waals surface area (Å²) in [5.74, 6) is -0.607. The van der Waals surface area contributed by atoms with Crippen molar-refractivity contribution in [3.63, 3.8) is 0 Å². The molecule has 0 aliphatic rings. The minimum Gasteiger partial charge on any atom is -0.744 e. The predicted octanol–water partition coefficient (Wildman–Crippen LogP) is 1.05. The van der Waals surface area contributed by atoms with Gasteiger partial charge in [0.15, 0.2) is 11.5 Å². The van der Waals surface area contributed by atoms with E-state index in [0.717, 1.165) is 12.1 Å². The van der Waals surface area contributed by atoms with Gasteiger partial charge in [-0.15, -0.1) is 0 Å². The molecule has 0 heterocycles. The van der Waals surface area contributed by atoms with E-state index in [1.165, 1.54) is 18.2 Å². The zero-order chi connectivity index (χ0) is 15.8. The van der Waals surface area contributed by atoms with Crippen LogP contribution < -0.4 is 34.3 Å². The van der Waals surface area contributed by atoms with Crippen LogP contribution in [0, 0.1) is 0 Å². The van der Waals surface area contributed by atoms with Crippen LogP contribution in [0.25, 0.3) is 0 Å². The molecule has 0 aromatic heterocycles. The van der Waals surface area contributed by atoms with Crippen LogP contribution in [0.4, 0.5) is 0 Å². The maximum Gasteiger partial charge on any atom is 1.00 e. The number of phenols is 1. The standard InChI is InChI=1S/C12H7Cl3O5S.Na/c13-6-1-2-10(7(14)3-6)20-11-5-12(21(17,18)19)8(15)4-9(11)16;/h1-5,16H,(H,17,18,19);/q;+1/p-1. The molecule has 112 valence electrons. The van der Waals surface area contributed by atoms with E-state index in [-0.39, 0.29) is 46.1 Å². The topological polar surface area (TPSA) is 86.7 Å². The first-order valence-electron chi connectivity index (χ1n) is 5.30. The molecule has 2 aromatic carbocycles. The third-order valence-corrected chi connectivity index (χ3v) is 4.23. The second-order valence-corrected chi connectivity index (χ2v) is 6.48. The van der Waals surface area contributed by atoms with Gasteiger partial charge in [-0.25, -0.2) is 8.42 Å². The van der Waals surface area contributed by atoms with Gasteiger partial charge in [-0.2, -0.15) is 0 Å². The molecule has 10 heteroatoms. The number of aromatic hydroxyl groups is 1. The molecule has 0 radical (unpaired) electrons. The van der Waals surface area contributed by atoms with Gasteiger partial charge < -0.3 is 14.4 Å². The van der Waals surface area contributed by atoms with Gasteiger partial charge >= 0.3 is 29.6 Å². The van der Waals surface area contributed by atoms with Gasteiger partial charge in [-0.05, 0) is 18.2 Å². The van der Waals surface area contributed by atoms with Crippen molar-refractivity contribution >= 4 is 44.9 Å². The molecule has 0 saturated heterocycles. The SMILES string of the molecule is O=S(=O)([O-])c1cc(Oc2ccc(Cl)cc2Cl)c(O)cc1Cl.[Na+]. The number of benzene rings is 2. The Bertz CT molecular complexity index is 811. The van der Waals surface area contributed by atoms with Gasteiger partial charge in [-0.3, -0.25) is 0 Å². The summed E-state index contributed by atoms with van der Waals surface area (Å²) >= 11 is 17.2. The zero-order valence-electron chi connectivity index (χ0n) is 11.0. The maximum absolute atomic E-state index is 11.1. The molecular formula is C12H6Cl3NaO5S. The number of hydrogen-bond donors (Lipinski definition) is 1. The summed E-state index contributed by atoms with van der Waals surface area (Å²) in [6.45, 7) is 0. The van der Waals surface area contributed by atoms with E-state index >= 15 is 0 Å². The molecule has 0 bridgehead atoms. The Morgan fingerprint density at radius 2 is 1.64 bits per heavy atom. The van der Waals surface area contributed by atoms with Crippen molar-refractivity contribution in [2.75, 3.05) is 0 Å². The first-order valence-corrected chi connectivity index (χ1v) is 7.84. The van der Waals surface area contributed by atoms with Crippen molar-refractivity contribution in [2.45, 2.75) is 4.90 Å². The Morgan fingerprint density at radius 3 is 2.18 bits per heavy atom. The van der Waals surface area contributed by atoms with Crippen LogP contribution in [0.5, 0.6) is 17.2 Å². The Kier molecular flexibility index (Phi) is 6.86. The Balaban J connectivity index is 0.00000242. The molecule has 5 nitrogen and oxygen atoms in total. The minimum atomic E-state index is -4.81.